The lowest BCUT2D eigenvalue weighted by Crippen LogP contribution is -2.43. The quantitative estimate of drug-likeness (QED) is 0.711. The van der Waals surface area contributed by atoms with Crippen molar-refractivity contribution in [3.8, 4) is 0 Å². The minimum Gasteiger partial charge on any atom is -0.335 e. The third-order valence-corrected chi connectivity index (χ3v) is 6.59. The van der Waals surface area contributed by atoms with Gasteiger partial charge in [-0.25, -0.2) is 8.42 Å². The number of carbonyl (C=O) groups is 1. The Hall–Kier alpha value is -1.09. The Balaban J connectivity index is 1.64. The molecule has 1 saturated heterocycles. The SMILES string of the molecule is Cn1cnnc1SCC(=O)N(C1CC1)[C@@H]1CCS(=O)(=O)C1. The zero-order chi connectivity index (χ0) is 15.0. The maximum Gasteiger partial charge on any atom is 0.233 e. The number of amides is 1. The van der Waals surface area contributed by atoms with E-state index in [4.69, 9.17) is 0 Å². The molecule has 0 N–H and O–H groups in total. The maximum atomic E-state index is 12.5. The zero-order valence-corrected chi connectivity index (χ0v) is 13.4. The first-order chi connectivity index (χ1) is 9.96. The number of carbonyl (C=O) groups excluding carboxylic acids is 1. The van der Waals surface area contributed by atoms with Crippen molar-refractivity contribution in [2.45, 2.75) is 36.5 Å². The molecule has 1 amide bonds. The van der Waals surface area contributed by atoms with Gasteiger partial charge in [0.2, 0.25) is 5.91 Å². The van der Waals surface area contributed by atoms with Crippen LogP contribution in [0.15, 0.2) is 11.5 Å². The number of hydrogen-bond acceptors (Lipinski definition) is 6. The lowest BCUT2D eigenvalue weighted by molar-refractivity contribution is -0.130. The topological polar surface area (TPSA) is 85.2 Å². The highest BCUT2D eigenvalue weighted by molar-refractivity contribution is 7.99. The second-order valence-corrected chi connectivity index (χ2v) is 8.77. The summed E-state index contributed by atoms with van der Waals surface area (Å²) in [4.78, 5) is 14.3. The van der Waals surface area contributed by atoms with Gasteiger partial charge in [0.05, 0.1) is 17.3 Å². The first-order valence-corrected chi connectivity index (χ1v) is 9.75. The summed E-state index contributed by atoms with van der Waals surface area (Å²) in [5.74, 6) is 0.598. The Morgan fingerprint density at radius 1 is 1.43 bits per heavy atom. The first kappa shape index (κ1) is 14.8. The van der Waals surface area contributed by atoms with E-state index in [1.807, 2.05) is 11.9 Å². The molecule has 9 heteroatoms. The summed E-state index contributed by atoms with van der Waals surface area (Å²) in [6, 6.07) is 0.0889. The number of rotatable bonds is 5. The average Bonchev–Trinajstić information content (AvgIpc) is 3.06. The molecule has 21 heavy (non-hydrogen) atoms. The molecule has 0 aromatic carbocycles. The number of nitrogens with zero attached hydrogens (tertiary/aromatic N) is 4. The van der Waals surface area contributed by atoms with Crippen LogP contribution in [-0.4, -0.2) is 63.3 Å². The van der Waals surface area contributed by atoms with Crippen molar-refractivity contribution in [1.29, 1.82) is 0 Å². The Bertz CT molecular complexity index is 639. The standard InChI is InChI=1S/C12H18N4O3S2/c1-15-8-13-14-12(15)20-6-11(17)16(9-2-3-9)10-4-5-21(18,19)7-10/h8-10H,2-7H2,1H3/t10-/m1/s1. The van der Waals surface area contributed by atoms with E-state index in [0.29, 0.717) is 11.6 Å². The molecule has 1 atom stereocenters. The largest absolute Gasteiger partial charge is 0.335 e. The van der Waals surface area contributed by atoms with Gasteiger partial charge in [0.1, 0.15) is 6.33 Å². The molecule has 0 unspecified atom stereocenters. The molecule has 1 aromatic rings. The molecule has 7 nitrogen and oxygen atoms in total. The molecule has 0 radical (unpaired) electrons. The van der Waals surface area contributed by atoms with E-state index in [2.05, 4.69) is 10.2 Å². The van der Waals surface area contributed by atoms with Crippen LogP contribution in [-0.2, 0) is 21.7 Å². The Morgan fingerprint density at radius 3 is 2.71 bits per heavy atom. The summed E-state index contributed by atoms with van der Waals surface area (Å²) in [6.45, 7) is 0. The van der Waals surface area contributed by atoms with E-state index >= 15 is 0 Å². The van der Waals surface area contributed by atoms with Crippen LogP contribution in [0.2, 0.25) is 0 Å². The molecule has 2 fully saturated rings. The van der Waals surface area contributed by atoms with Gasteiger partial charge in [-0.15, -0.1) is 10.2 Å². The third-order valence-electron chi connectivity index (χ3n) is 3.82. The van der Waals surface area contributed by atoms with Gasteiger partial charge in [0, 0.05) is 19.1 Å². The highest BCUT2D eigenvalue weighted by Crippen LogP contribution is 2.33. The molecular formula is C12H18N4O3S2. The van der Waals surface area contributed by atoms with Crippen molar-refractivity contribution in [2.75, 3.05) is 17.3 Å². The monoisotopic (exact) mass is 330 g/mol. The van der Waals surface area contributed by atoms with Crippen molar-refractivity contribution in [1.82, 2.24) is 19.7 Å². The van der Waals surface area contributed by atoms with Crippen LogP contribution >= 0.6 is 11.8 Å². The van der Waals surface area contributed by atoms with Crippen LogP contribution in [0.1, 0.15) is 19.3 Å². The van der Waals surface area contributed by atoms with Gasteiger partial charge in [-0.2, -0.15) is 0 Å². The van der Waals surface area contributed by atoms with Crippen LogP contribution < -0.4 is 0 Å². The molecule has 116 valence electrons. The van der Waals surface area contributed by atoms with Gasteiger partial charge in [-0.1, -0.05) is 11.8 Å². The van der Waals surface area contributed by atoms with E-state index in [1.165, 1.54) is 11.8 Å². The molecule has 1 aliphatic carbocycles. The predicted octanol–water partition coefficient (Wildman–Crippen LogP) is 0.0853. The van der Waals surface area contributed by atoms with Crippen LogP contribution in [0.25, 0.3) is 0 Å². The number of aromatic nitrogens is 3. The van der Waals surface area contributed by atoms with E-state index in [0.717, 1.165) is 12.8 Å². The predicted molar refractivity (Wildman–Crippen MR) is 78.7 cm³/mol. The second kappa shape index (κ2) is 5.60. The van der Waals surface area contributed by atoms with E-state index in [1.54, 1.807) is 10.9 Å². The zero-order valence-electron chi connectivity index (χ0n) is 11.8. The molecule has 0 bridgehead atoms. The fourth-order valence-electron chi connectivity index (χ4n) is 2.66. The fourth-order valence-corrected chi connectivity index (χ4v) is 5.13. The second-order valence-electron chi connectivity index (χ2n) is 5.60. The highest BCUT2D eigenvalue weighted by Gasteiger charge is 2.41. The molecule has 1 saturated carbocycles. The van der Waals surface area contributed by atoms with Crippen LogP contribution in [0, 0.1) is 0 Å². The molecule has 1 aromatic heterocycles. The van der Waals surface area contributed by atoms with Crippen molar-refractivity contribution in [3.05, 3.63) is 6.33 Å². The van der Waals surface area contributed by atoms with E-state index in [-0.39, 0.29) is 35.2 Å². The van der Waals surface area contributed by atoms with Gasteiger partial charge in [-0.3, -0.25) is 4.79 Å². The molecule has 0 spiro atoms. The summed E-state index contributed by atoms with van der Waals surface area (Å²) in [6.07, 6.45) is 4.13. The Morgan fingerprint density at radius 2 is 2.19 bits per heavy atom. The summed E-state index contributed by atoms with van der Waals surface area (Å²) in [5, 5.41) is 8.41. The molecular weight excluding hydrogens is 312 g/mol. The fraction of sp³-hybridized carbons (Fsp3) is 0.750. The van der Waals surface area contributed by atoms with E-state index < -0.39 is 9.84 Å². The van der Waals surface area contributed by atoms with Crippen molar-refractivity contribution < 1.29 is 13.2 Å². The Kier molecular flexibility index (Phi) is 3.96. The molecule has 2 aliphatic rings. The van der Waals surface area contributed by atoms with Gasteiger partial charge >= 0.3 is 0 Å². The normalized spacial score (nSPS) is 24.1. The third kappa shape index (κ3) is 3.39. The summed E-state index contributed by atoms with van der Waals surface area (Å²) in [5.41, 5.74) is 0. The van der Waals surface area contributed by atoms with Crippen LogP contribution in [0.4, 0.5) is 0 Å². The van der Waals surface area contributed by atoms with E-state index in [9.17, 15) is 13.2 Å². The lowest BCUT2D eigenvalue weighted by atomic mass is 10.2. The minimum absolute atomic E-state index is 0.00704. The van der Waals surface area contributed by atoms with Crippen molar-refractivity contribution >= 4 is 27.5 Å². The van der Waals surface area contributed by atoms with Crippen LogP contribution in [0.3, 0.4) is 0 Å². The maximum absolute atomic E-state index is 12.5. The highest BCUT2D eigenvalue weighted by atomic mass is 32.2. The summed E-state index contributed by atoms with van der Waals surface area (Å²) < 4.78 is 25.0. The summed E-state index contributed by atoms with van der Waals surface area (Å²) in [7, 11) is -1.14. The number of sulfone groups is 1. The van der Waals surface area contributed by atoms with Crippen LogP contribution in [0.5, 0.6) is 0 Å². The molecule has 3 rings (SSSR count). The van der Waals surface area contributed by atoms with Crippen molar-refractivity contribution in [2.24, 2.45) is 7.05 Å². The smallest absolute Gasteiger partial charge is 0.233 e. The lowest BCUT2D eigenvalue weighted by Gasteiger charge is -2.28. The van der Waals surface area contributed by atoms with Gasteiger partial charge in [0.25, 0.3) is 0 Å². The number of thioether (sulfide) groups is 1. The summed E-state index contributed by atoms with van der Waals surface area (Å²) >= 11 is 1.34. The average molecular weight is 330 g/mol. The molecule has 1 aliphatic heterocycles. The van der Waals surface area contributed by atoms with Gasteiger partial charge < -0.3 is 9.47 Å². The first-order valence-electron chi connectivity index (χ1n) is 6.94. The van der Waals surface area contributed by atoms with Gasteiger partial charge in [-0.05, 0) is 19.3 Å². The number of hydrogen-bond donors (Lipinski definition) is 0. The molecule has 2 heterocycles. The Labute approximate surface area is 128 Å². The van der Waals surface area contributed by atoms with Crippen molar-refractivity contribution in [3.63, 3.8) is 0 Å². The van der Waals surface area contributed by atoms with Gasteiger partial charge in [0.15, 0.2) is 15.0 Å². The number of aryl methyl sites for hydroxylation is 1. The minimum atomic E-state index is -2.97.